The number of aromatic nitrogens is 1. The smallest absolute Gasteiger partial charge is 0.249 e. The lowest BCUT2D eigenvalue weighted by molar-refractivity contribution is 0.100. The van der Waals surface area contributed by atoms with Crippen LogP contribution in [0.3, 0.4) is 0 Å². The first-order chi connectivity index (χ1) is 7.08. The van der Waals surface area contributed by atoms with Crippen molar-refractivity contribution in [1.29, 1.82) is 0 Å². The molecule has 1 heterocycles. The zero-order valence-corrected chi connectivity index (χ0v) is 8.88. The number of primary amides is 1. The van der Waals surface area contributed by atoms with Crippen molar-refractivity contribution in [3.05, 3.63) is 40.5 Å². The zero-order valence-electron chi connectivity index (χ0n) is 8.12. The van der Waals surface area contributed by atoms with Gasteiger partial charge in [-0.15, -0.1) is 0 Å². The number of hydrogen-bond acceptors (Lipinski definition) is 2. The van der Waals surface area contributed by atoms with Crippen LogP contribution in [0.5, 0.6) is 0 Å². The zero-order chi connectivity index (χ0) is 11.0. The van der Waals surface area contributed by atoms with Gasteiger partial charge in [-0.2, -0.15) is 0 Å². The predicted molar refractivity (Wildman–Crippen MR) is 60.0 cm³/mol. The molecule has 0 bridgehead atoms. The lowest BCUT2D eigenvalue weighted by Gasteiger charge is -2.04. The van der Waals surface area contributed by atoms with Gasteiger partial charge in [0.15, 0.2) is 0 Å². The number of carbonyl (C=O) groups excluding carboxylic acids is 1. The monoisotopic (exact) mass is 220 g/mol. The molecule has 1 aromatic carbocycles. The Morgan fingerprint density at radius 2 is 2.13 bits per heavy atom. The molecule has 0 unspecified atom stereocenters. The number of rotatable bonds is 1. The highest BCUT2D eigenvalue weighted by Crippen LogP contribution is 2.21. The quantitative estimate of drug-likeness (QED) is 0.802. The van der Waals surface area contributed by atoms with Crippen molar-refractivity contribution in [2.75, 3.05) is 0 Å². The Bertz CT molecular complexity index is 546. The van der Waals surface area contributed by atoms with Crippen molar-refractivity contribution < 1.29 is 4.79 Å². The summed E-state index contributed by atoms with van der Waals surface area (Å²) in [7, 11) is 0. The van der Waals surface area contributed by atoms with E-state index in [1.54, 1.807) is 24.3 Å². The second-order valence-electron chi connectivity index (χ2n) is 3.34. The minimum Gasteiger partial charge on any atom is -0.366 e. The van der Waals surface area contributed by atoms with Crippen LogP contribution in [-0.4, -0.2) is 10.9 Å². The van der Waals surface area contributed by atoms with Crippen molar-refractivity contribution in [3.63, 3.8) is 0 Å². The number of fused-ring (bicyclic) bond motifs is 1. The molecule has 76 valence electrons. The van der Waals surface area contributed by atoms with Crippen LogP contribution < -0.4 is 5.73 Å². The van der Waals surface area contributed by atoms with E-state index in [0.717, 1.165) is 11.1 Å². The summed E-state index contributed by atoms with van der Waals surface area (Å²) in [6.45, 7) is 1.81. The molecule has 3 nitrogen and oxygen atoms in total. The second-order valence-corrected chi connectivity index (χ2v) is 3.77. The Morgan fingerprint density at radius 3 is 2.80 bits per heavy atom. The van der Waals surface area contributed by atoms with E-state index in [-0.39, 0.29) is 0 Å². The van der Waals surface area contributed by atoms with Gasteiger partial charge in [0, 0.05) is 16.1 Å². The fraction of sp³-hybridized carbons (Fsp3) is 0.0909. The molecule has 0 fully saturated rings. The SMILES string of the molecule is Cc1cc(C(N)=O)c2ccc(Cl)cc2n1. The molecule has 0 aliphatic heterocycles. The van der Waals surface area contributed by atoms with Gasteiger partial charge >= 0.3 is 0 Å². The van der Waals surface area contributed by atoms with Crippen LogP contribution in [0.15, 0.2) is 24.3 Å². The standard InChI is InChI=1S/C11H9ClN2O/c1-6-4-9(11(13)15)8-3-2-7(12)5-10(8)14-6/h2-5H,1H3,(H2,13,15). The number of aryl methyl sites for hydroxylation is 1. The number of amides is 1. The molecule has 15 heavy (non-hydrogen) atoms. The van der Waals surface area contributed by atoms with Crippen molar-refractivity contribution in [3.8, 4) is 0 Å². The molecule has 0 aliphatic carbocycles. The summed E-state index contributed by atoms with van der Waals surface area (Å²) in [6.07, 6.45) is 0. The Labute approximate surface area is 91.9 Å². The number of carbonyl (C=O) groups is 1. The molecule has 0 atom stereocenters. The number of benzene rings is 1. The largest absolute Gasteiger partial charge is 0.366 e. The summed E-state index contributed by atoms with van der Waals surface area (Å²) >= 11 is 5.85. The average molecular weight is 221 g/mol. The highest BCUT2D eigenvalue weighted by Gasteiger charge is 2.08. The highest BCUT2D eigenvalue weighted by atomic mass is 35.5. The van der Waals surface area contributed by atoms with Crippen LogP contribution in [0, 0.1) is 6.92 Å². The molecule has 1 aromatic heterocycles. The number of hydrogen-bond donors (Lipinski definition) is 1. The van der Waals surface area contributed by atoms with Gasteiger partial charge in [0.25, 0.3) is 0 Å². The Hall–Kier alpha value is -1.61. The van der Waals surface area contributed by atoms with Crippen LogP contribution in [0.25, 0.3) is 10.9 Å². The minimum atomic E-state index is -0.451. The van der Waals surface area contributed by atoms with Crippen molar-refractivity contribution >= 4 is 28.4 Å². The summed E-state index contributed by atoms with van der Waals surface area (Å²) in [6, 6.07) is 6.87. The molecule has 2 rings (SSSR count). The summed E-state index contributed by atoms with van der Waals surface area (Å²) in [5.41, 5.74) is 7.21. The van der Waals surface area contributed by atoms with E-state index >= 15 is 0 Å². The molecule has 0 radical (unpaired) electrons. The van der Waals surface area contributed by atoms with Gasteiger partial charge in [0.2, 0.25) is 5.91 Å². The van der Waals surface area contributed by atoms with E-state index in [0.29, 0.717) is 16.1 Å². The summed E-state index contributed by atoms with van der Waals surface area (Å²) in [4.78, 5) is 15.5. The molecular weight excluding hydrogens is 212 g/mol. The van der Waals surface area contributed by atoms with E-state index in [1.807, 2.05) is 6.92 Å². The first-order valence-electron chi connectivity index (χ1n) is 4.44. The Morgan fingerprint density at radius 1 is 1.40 bits per heavy atom. The van der Waals surface area contributed by atoms with E-state index in [2.05, 4.69) is 4.98 Å². The van der Waals surface area contributed by atoms with Crippen LogP contribution in [-0.2, 0) is 0 Å². The maximum Gasteiger partial charge on any atom is 0.249 e. The van der Waals surface area contributed by atoms with Crippen LogP contribution in [0.4, 0.5) is 0 Å². The Kier molecular flexibility index (Phi) is 2.32. The van der Waals surface area contributed by atoms with Gasteiger partial charge in [0.05, 0.1) is 11.1 Å². The average Bonchev–Trinajstić information content (AvgIpc) is 2.15. The van der Waals surface area contributed by atoms with Crippen molar-refractivity contribution in [2.45, 2.75) is 6.92 Å². The van der Waals surface area contributed by atoms with Crippen molar-refractivity contribution in [2.24, 2.45) is 5.73 Å². The molecule has 0 aliphatic rings. The van der Waals surface area contributed by atoms with Gasteiger partial charge in [0.1, 0.15) is 0 Å². The first-order valence-corrected chi connectivity index (χ1v) is 4.82. The lowest BCUT2D eigenvalue weighted by Crippen LogP contribution is -2.12. The summed E-state index contributed by atoms with van der Waals surface area (Å²) in [5.74, 6) is -0.451. The van der Waals surface area contributed by atoms with E-state index < -0.39 is 5.91 Å². The molecule has 0 saturated carbocycles. The van der Waals surface area contributed by atoms with Gasteiger partial charge in [-0.1, -0.05) is 17.7 Å². The van der Waals surface area contributed by atoms with Crippen LogP contribution in [0.1, 0.15) is 16.1 Å². The lowest BCUT2D eigenvalue weighted by atomic mass is 10.1. The number of pyridine rings is 1. The van der Waals surface area contributed by atoms with E-state index in [9.17, 15) is 4.79 Å². The molecule has 0 spiro atoms. The minimum absolute atomic E-state index is 0.451. The molecule has 2 N–H and O–H groups in total. The van der Waals surface area contributed by atoms with E-state index in [1.165, 1.54) is 0 Å². The predicted octanol–water partition coefficient (Wildman–Crippen LogP) is 2.30. The first kappa shape index (κ1) is 9.93. The molecule has 2 aromatic rings. The number of nitrogens with two attached hydrogens (primary N) is 1. The second kappa shape index (κ2) is 3.51. The summed E-state index contributed by atoms with van der Waals surface area (Å²) < 4.78 is 0. The fourth-order valence-electron chi connectivity index (χ4n) is 1.54. The molecule has 4 heteroatoms. The number of nitrogens with zero attached hydrogens (tertiary/aromatic N) is 1. The maximum absolute atomic E-state index is 11.2. The third-order valence-electron chi connectivity index (χ3n) is 2.17. The molecule has 1 amide bonds. The number of halogens is 1. The third-order valence-corrected chi connectivity index (χ3v) is 2.40. The Balaban J connectivity index is 2.86. The highest BCUT2D eigenvalue weighted by molar-refractivity contribution is 6.31. The maximum atomic E-state index is 11.2. The fourth-order valence-corrected chi connectivity index (χ4v) is 1.70. The van der Waals surface area contributed by atoms with Gasteiger partial charge in [-0.25, -0.2) is 0 Å². The summed E-state index contributed by atoms with van der Waals surface area (Å²) in [5, 5.41) is 1.33. The molecule has 0 saturated heterocycles. The van der Waals surface area contributed by atoms with Gasteiger partial charge in [-0.3, -0.25) is 9.78 Å². The van der Waals surface area contributed by atoms with Crippen LogP contribution in [0.2, 0.25) is 5.02 Å². The van der Waals surface area contributed by atoms with Gasteiger partial charge < -0.3 is 5.73 Å². The van der Waals surface area contributed by atoms with E-state index in [4.69, 9.17) is 17.3 Å². The third kappa shape index (κ3) is 1.78. The normalized spacial score (nSPS) is 10.5. The van der Waals surface area contributed by atoms with Crippen LogP contribution >= 0.6 is 11.6 Å². The van der Waals surface area contributed by atoms with Crippen molar-refractivity contribution in [1.82, 2.24) is 4.98 Å². The van der Waals surface area contributed by atoms with Gasteiger partial charge in [-0.05, 0) is 25.1 Å². The molecular formula is C11H9ClN2O. The topological polar surface area (TPSA) is 56.0 Å².